The molecule has 2 aliphatic heterocycles. The number of ether oxygens (including phenoxy) is 4. The summed E-state index contributed by atoms with van der Waals surface area (Å²) in [5.41, 5.74) is 17.0. The van der Waals surface area contributed by atoms with E-state index in [0.29, 0.717) is 0 Å². The van der Waals surface area contributed by atoms with E-state index in [1.165, 1.54) is 13.8 Å². The van der Waals surface area contributed by atoms with Crippen LogP contribution in [0, 0.1) is 0 Å². The first-order valence-corrected chi connectivity index (χ1v) is 11.4. The Morgan fingerprint density at radius 3 is 2.03 bits per heavy atom. The van der Waals surface area contributed by atoms with Gasteiger partial charge in [0.05, 0.1) is 24.8 Å². The Hall–Kier alpha value is -0.560. The molecule has 0 bridgehead atoms. The summed E-state index contributed by atoms with van der Waals surface area (Å²) in [6.07, 6.45) is -12.4. The van der Waals surface area contributed by atoms with Gasteiger partial charge >= 0.3 is 0 Å². The molecule has 0 amide bonds. The highest BCUT2D eigenvalue weighted by molar-refractivity contribution is 5.02. The lowest BCUT2D eigenvalue weighted by molar-refractivity contribution is -0.319. The van der Waals surface area contributed by atoms with Gasteiger partial charge in [-0.15, -0.1) is 0 Å². The van der Waals surface area contributed by atoms with Crippen LogP contribution in [0.25, 0.3) is 0 Å². The van der Waals surface area contributed by atoms with Crippen LogP contribution in [0.1, 0.15) is 20.3 Å². The van der Waals surface area contributed by atoms with E-state index in [1.54, 1.807) is 7.05 Å². The summed E-state index contributed by atoms with van der Waals surface area (Å²) >= 11 is 0. The Kier molecular flexibility index (Phi) is 8.92. The van der Waals surface area contributed by atoms with Gasteiger partial charge in [-0.2, -0.15) is 0 Å². The number of nitrogens with one attached hydrogen (secondary N) is 1. The molecule has 0 aromatic rings. The van der Waals surface area contributed by atoms with Crippen molar-refractivity contribution in [2.75, 3.05) is 13.7 Å². The van der Waals surface area contributed by atoms with Crippen LogP contribution >= 0.6 is 0 Å². The van der Waals surface area contributed by atoms with Crippen LogP contribution in [0.3, 0.4) is 0 Å². The predicted molar refractivity (Wildman–Crippen MR) is 116 cm³/mol. The fourth-order valence-electron chi connectivity index (χ4n) is 4.95. The summed E-state index contributed by atoms with van der Waals surface area (Å²) in [7, 11) is 1.58. The molecule has 1 saturated carbocycles. The molecule has 3 fully saturated rings. The zero-order chi connectivity index (χ0) is 25.5. The second-order valence-electron chi connectivity index (χ2n) is 9.82. The van der Waals surface area contributed by atoms with Gasteiger partial charge in [0.25, 0.3) is 0 Å². The molecule has 200 valence electrons. The Balaban J connectivity index is 1.73. The molecule has 0 spiro atoms. The predicted octanol–water partition coefficient (Wildman–Crippen LogP) is -5.61. The lowest BCUT2D eigenvalue weighted by Crippen LogP contribution is -2.69. The topological polar surface area (TPSA) is 248 Å². The van der Waals surface area contributed by atoms with Gasteiger partial charge < -0.3 is 72.1 Å². The van der Waals surface area contributed by atoms with Crippen molar-refractivity contribution >= 4 is 0 Å². The molecule has 34 heavy (non-hydrogen) atoms. The SMILES string of the molecule is CN[C@H]1[C@@H](O)[C@@H](O[C@@H]2[C@H](O)[C@H](O[C@H]3O[C@@H]([C@H](C)O)[C@@H](O)[C@H](O)[C@@H]3N)[C@@H](N)C[C@@H]2N)OC[C@]1(C)O. The van der Waals surface area contributed by atoms with Crippen molar-refractivity contribution in [1.82, 2.24) is 5.32 Å². The Morgan fingerprint density at radius 2 is 1.50 bits per heavy atom. The number of aliphatic hydroxyl groups is 6. The molecule has 0 aromatic carbocycles. The maximum absolute atomic E-state index is 11.1. The number of hydrogen-bond acceptors (Lipinski definition) is 14. The first-order valence-electron chi connectivity index (χ1n) is 11.4. The molecule has 13 N–H and O–H groups in total. The number of aliphatic hydroxyl groups excluding tert-OH is 5. The minimum Gasteiger partial charge on any atom is -0.391 e. The quantitative estimate of drug-likeness (QED) is 0.165. The molecule has 3 aliphatic rings. The third-order valence-electron chi connectivity index (χ3n) is 6.95. The highest BCUT2D eigenvalue weighted by Gasteiger charge is 2.52. The zero-order valence-electron chi connectivity index (χ0n) is 19.5. The third kappa shape index (κ3) is 5.40. The molecular formula is C20H40N4O10. The smallest absolute Gasteiger partial charge is 0.185 e. The standard InChI is InChI=1S/C20H40N4O10/c1-6(25)14-11(27)10(26)9(23)18(32-14)33-15-7(21)4-8(22)16(12(15)28)34-19-13(29)17(24-3)20(2,30)5-31-19/h6-19,24-30H,4-5,21-23H2,1-3H3/t6-,7-,8-,9-,10+,11-,12+,13+,14-,15+,16-,17-,18+,19+,20-/m0/s1. The summed E-state index contributed by atoms with van der Waals surface area (Å²) < 4.78 is 22.8. The normalized spacial score (nSPS) is 53.5. The molecule has 2 heterocycles. The zero-order valence-corrected chi connectivity index (χ0v) is 19.5. The Labute approximate surface area is 197 Å². The van der Waals surface area contributed by atoms with Crippen LogP contribution in [0.15, 0.2) is 0 Å². The molecular weight excluding hydrogens is 456 g/mol. The van der Waals surface area contributed by atoms with Crippen molar-refractivity contribution in [3.63, 3.8) is 0 Å². The van der Waals surface area contributed by atoms with Gasteiger partial charge in [0.15, 0.2) is 12.6 Å². The molecule has 3 rings (SSSR count). The van der Waals surface area contributed by atoms with E-state index in [-0.39, 0.29) is 13.0 Å². The van der Waals surface area contributed by atoms with Crippen molar-refractivity contribution in [3.8, 4) is 0 Å². The third-order valence-corrected chi connectivity index (χ3v) is 6.95. The van der Waals surface area contributed by atoms with E-state index in [2.05, 4.69) is 5.32 Å². The van der Waals surface area contributed by atoms with Crippen molar-refractivity contribution in [3.05, 3.63) is 0 Å². The first-order chi connectivity index (χ1) is 15.8. The van der Waals surface area contributed by atoms with Crippen LogP contribution < -0.4 is 22.5 Å². The van der Waals surface area contributed by atoms with Crippen LogP contribution in [0.2, 0.25) is 0 Å². The van der Waals surface area contributed by atoms with E-state index in [4.69, 9.17) is 36.1 Å². The van der Waals surface area contributed by atoms with Crippen LogP contribution in [-0.4, -0.2) is 135 Å². The average Bonchev–Trinajstić information content (AvgIpc) is 2.75. The summed E-state index contributed by atoms with van der Waals surface area (Å²) in [5, 5.41) is 65.2. The fraction of sp³-hybridized carbons (Fsp3) is 1.00. The summed E-state index contributed by atoms with van der Waals surface area (Å²) in [6.45, 7) is 2.75. The van der Waals surface area contributed by atoms with E-state index in [9.17, 15) is 30.6 Å². The van der Waals surface area contributed by atoms with E-state index in [0.717, 1.165) is 0 Å². The molecule has 0 aromatic heterocycles. The summed E-state index contributed by atoms with van der Waals surface area (Å²) in [6, 6.07) is -3.47. The monoisotopic (exact) mass is 496 g/mol. The number of hydrogen-bond donors (Lipinski definition) is 10. The first kappa shape index (κ1) is 28.0. The fourth-order valence-corrected chi connectivity index (χ4v) is 4.95. The second-order valence-corrected chi connectivity index (χ2v) is 9.82. The van der Waals surface area contributed by atoms with Gasteiger partial charge in [0, 0.05) is 12.1 Å². The largest absolute Gasteiger partial charge is 0.391 e. The van der Waals surface area contributed by atoms with Gasteiger partial charge in [-0.25, -0.2) is 0 Å². The number of likely N-dealkylation sites (N-methyl/N-ethyl adjacent to an activating group) is 1. The number of nitrogens with two attached hydrogens (primary N) is 3. The van der Waals surface area contributed by atoms with Crippen LogP contribution in [0.5, 0.6) is 0 Å². The molecule has 14 heteroatoms. The van der Waals surface area contributed by atoms with Crippen molar-refractivity contribution in [2.45, 2.75) is 111 Å². The molecule has 0 radical (unpaired) electrons. The Bertz CT molecular complexity index is 675. The highest BCUT2D eigenvalue weighted by atomic mass is 16.7. The lowest BCUT2D eigenvalue weighted by Gasteiger charge is -2.49. The van der Waals surface area contributed by atoms with Gasteiger partial charge in [-0.3, -0.25) is 0 Å². The molecule has 15 atom stereocenters. The number of rotatable bonds is 6. The molecule has 1 aliphatic carbocycles. The van der Waals surface area contributed by atoms with E-state index >= 15 is 0 Å². The van der Waals surface area contributed by atoms with E-state index in [1.807, 2.05) is 0 Å². The van der Waals surface area contributed by atoms with Crippen molar-refractivity contribution in [1.29, 1.82) is 0 Å². The lowest BCUT2D eigenvalue weighted by atomic mass is 9.84. The Morgan fingerprint density at radius 1 is 0.941 bits per heavy atom. The highest BCUT2D eigenvalue weighted by Crippen LogP contribution is 2.32. The van der Waals surface area contributed by atoms with Gasteiger partial charge in [0.1, 0.15) is 48.3 Å². The van der Waals surface area contributed by atoms with Crippen LogP contribution in [-0.2, 0) is 18.9 Å². The maximum atomic E-state index is 11.1. The summed E-state index contributed by atoms with van der Waals surface area (Å²) in [5.74, 6) is 0. The van der Waals surface area contributed by atoms with Crippen molar-refractivity contribution < 1.29 is 49.6 Å². The van der Waals surface area contributed by atoms with Gasteiger partial charge in [0.2, 0.25) is 0 Å². The average molecular weight is 497 g/mol. The van der Waals surface area contributed by atoms with Crippen molar-refractivity contribution in [2.24, 2.45) is 17.2 Å². The van der Waals surface area contributed by atoms with Gasteiger partial charge in [-0.05, 0) is 27.3 Å². The van der Waals surface area contributed by atoms with Crippen LogP contribution in [0.4, 0.5) is 0 Å². The maximum Gasteiger partial charge on any atom is 0.185 e. The van der Waals surface area contributed by atoms with Gasteiger partial charge in [-0.1, -0.05) is 0 Å². The second kappa shape index (κ2) is 10.8. The molecule has 14 nitrogen and oxygen atoms in total. The summed E-state index contributed by atoms with van der Waals surface area (Å²) in [4.78, 5) is 0. The minimum atomic E-state index is -1.46. The van der Waals surface area contributed by atoms with E-state index < -0.39 is 91.2 Å². The minimum absolute atomic E-state index is 0.135. The molecule has 0 unspecified atom stereocenters. The molecule has 2 saturated heterocycles.